The fraction of sp³-hybridized carbons (Fsp3) is 0. The largest absolute Gasteiger partial charge is 0.355 e. The van der Waals surface area contributed by atoms with Crippen LogP contribution in [0.25, 0.3) is 46.4 Å². The molecule has 0 aromatic carbocycles. The molecule has 0 spiro atoms. The van der Waals surface area contributed by atoms with Crippen LogP contribution in [0.5, 0.6) is 0 Å². The van der Waals surface area contributed by atoms with Gasteiger partial charge in [-0.3, -0.25) is 9.97 Å². The number of aromatic nitrogens is 6. The zero-order valence-corrected chi connectivity index (χ0v) is 17.4. The van der Waals surface area contributed by atoms with Crippen molar-refractivity contribution in [1.82, 2.24) is 29.9 Å². The van der Waals surface area contributed by atoms with Crippen LogP contribution >= 0.6 is 0 Å². The second-order valence-corrected chi connectivity index (χ2v) is 6.80. The van der Waals surface area contributed by atoms with E-state index in [-0.39, 0.29) is 16.8 Å². The maximum atomic E-state index is 4.62. The van der Waals surface area contributed by atoms with Crippen molar-refractivity contribution in [2.24, 2.45) is 0 Å². The van der Waals surface area contributed by atoms with Crippen LogP contribution in [0.2, 0.25) is 0 Å². The van der Waals surface area contributed by atoms with Gasteiger partial charge in [-0.05, 0) is 72.8 Å². The van der Waals surface area contributed by atoms with Gasteiger partial charge in [-0.15, -0.1) is 0 Å². The minimum atomic E-state index is 0. The van der Waals surface area contributed by atoms with E-state index in [4.69, 9.17) is 0 Å². The standard InChI is InChI=1S/C20H14N4.C4H4N2.Co/c1-2-14-10-16-5-6-18(23-16)12-20-8-7-19(24-20)11-17-4-3-15(22-17)9-13(1)21-14;1-2-6-4-3-5-1;/h1-12,21-22H;1-4H;. The fourth-order valence-corrected chi connectivity index (χ4v) is 3.20. The summed E-state index contributed by atoms with van der Waals surface area (Å²) in [6.45, 7) is 0. The van der Waals surface area contributed by atoms with Crippen LogP contribution in [0.15, 0.2) is 73.3 Å². The van der Waals surface area contributed by atoms with Gasteiger partial charge in [-0.25, -0.2) is 9.97 Å². The van der Waals surface area contributed by atoms with Gasteiger partial charge in [0.1, 0.15) is 0 Å². The summed E-state index contributed by atoms with van der Waals surface area (Å²) >= 11 is 0. The van der Waals surface area contributed by atoms with Gasteiger partial charge in [0.2, 0.25) is 0 Å². The zero-order chi connectivity index (χ0) is 20.2. The Bertz CT molecular complexity index is 1280. The van der Waals surface area contributed by atoms with Gasteiger partial charge in [-0.1, -0.05) is 0 Å². The van der Waals surface area contributed by atoms with E-state index in [2.05, 4.69) is 60.2 Å². The molecule has 6 nitrogen and oxygen atoms in total. The second kappa shape index (κ2) is 9.33. The first-order chi connectivity index (χ1) is 14.8. The molecule has 8 bridgehead atoms. The Morgan fingerprint density at radius 2 is 0.806 bits per heavy atom. The van der Waals surface area contributed by atoms with Gasteiger partial charge in [0.15, 0.2) is 0 Å². The third-order valence-electron chi connectivity index (χ3n) is 4.52. The van der Waals surface area contributed by atoms with Crippen LogP contribution in [-0.4, -0.2) is 29.9 Å². The van der Waals surface area contributed by atoms with Crippen molar-refractivity contribution in [3.05, 3.63) is 96.1 Å². The molecular weight excluding hydrogens is 431 g/mol. The molecule has 4 aromatic heterocycles. The molecular formula is C24H18CoN6. The number of nitrogens with zero attached hydrogens (tertiary/aromatic N) is 4. The van der Waals surface area contributed by atoms with Gasteiger partial charge >= 0.3 is 0 Å². The molecule has 1 radical (unpaired) electrons. The number of hydrogen-bond donors (Lipinski definition) is 2. The molecule has 0 saturated carbocycles. The monoisotopic (exact) mass is 449 g/mol. The Hall–Kier alpha value is -3.81. The van der Waals surface area contributed by atoms with E-state index in [1.807, 2.05) is 42.5 Å². The van der Waals surface area contributed by atoms with Crippen LogP contribution in [0, 0.1) is 0 Å². The van der Waals surface area contributed by atoms with Crippen LogP contribution in [-0.2, 0) is 16.8 Å². The van der Waals surface area contributed by atoms with E-state index in [0.29, 0.717) is 0 Å². The predicted octanol–water partition coefficient (Wildman–Crippen LogP) is 5.13. The van der Waals surface area contributed by atoms with Crippen molar-refractivity contribution in [2.45, 2.75) is 0 Å². The molecule has 7 heteroatoms. The predicted molar refractivity (Wildman–Crippen MR) is 121 cm³/mol. The molecule has 0 saturated heterocycles. The Labute approximate surface area is 189 Å². The van der Waals surface area contributed by atoms with Crippen molar-refractivity contribution >= 4 is 46.4 Å². The fourth-order valence-electron chi connectivity index (χ4n) is 3.20. The summed E-state index contributed by atoms with van der Waals surface area (Å²) < 4.78 is 0. The smallest absolute Gasteiger partial charge is 0.0659 e. The van der Waals surface area contributed by atoms with Crippen LogP contribution in [0.1, 0.15) is 22.8 Å². The van der Waals surface area contributed by atoms with Crippen LogP contribution < -0.4 is 0 Å². The first kappa shape index (κ1) is 20.5. The summed E-state index contributed by atoms with van der Waals surface area (Å²) in [5, 5.41) is 0. The maximum Gasteiger partial charge on any atom is 0.0659 e. The minimum Gasteiger partial charge on any atom is -0.355 e. The molecule has 0 fully saturated rings. The van der Waals surface area contributed by atoms with Crippen molar-refractivity contribution in [2.75, 3.05) is 0 Å². The van der Waals surface area contributed by atoms with E-state index in [9.17, 15) is 0 Å². The summed E-state index contributed by atoms with van der Waals surface area (Å²) in [5.41, 5.74) is 7.86. The van der Waals surface area contributed by atoms with E-state index < -0.39 is 0 Å². The SMILES string of the molecule is C1=Cc2cc3ccc(cc4ccc(cc5nc(cc1n2)C=C5)[nH]4)[nH]3.[Co].c1cnccn1. The molecule has 2 aliphatic heterocycles. The summed E-state index contributed by atoms with van der Waals surface area (Å²) in [6, 6.07) is 16.4. The zero-order valence-electron chi connectivity index (χ0n) is 16.4. The molecule has 153 valence electrons. The van der Waals surface area contributed by atoms with Crippen molar-refractivity contribution in [1.29, 1.82) is 0 Å². The molecule has 0 unspecified atom stereocenters. The Morgan fingerprint density at radius 1 is 0.452 bits per heavy atom. The summed E-state index contributed by atoms with van der Waals surface area (Å²) in [7, 11) is 0. The average molecular weight is 449 g/mol. The quantitative estimate of drug-likeness (QED) is 0.337. The van der Waals surface area contributed by atoms with E-state index in [1.54, 1.807) is 24.8 Å². The van der Waals surface area contributed by atoms with Crippen LogP contribution in [0.4, 0.5) is 0 Å². The second-order valence-electron chi connectivity index (χ2n) is 6.80. The molecule has 6 heterocycles. The van der Waals surface area contributed by atoms with Gasteiger partial charge in [-0.2, -0.15) is 0 Å². The first-order valence-corrected chi connectivity index (χ1v) is 9.55. The maximum absolute atomic E-state index is 4.62. The Balaban J connectivity index is 0.000000288. The number of nitrogens with one attached hydrogen (secondary N) is 2. The molecule has 6 rings (SSSR count). The molecule has 2 aliphatic rings. The number of rotatable bonds is 0. The van der Waals surface area contributed by atoms with Gasteiger partial charge in [0.05, 0.1) is 22.8 Å². The van der Waals surface area contributed by atoms with Crippen molar-refractivity contribution < 1.29 is 16.8 Å². The summed E-state index contributed by atoms with van der Waals surface area (Å²) in [5.74, 6) is 0. The van der Waals surface area contributed by atoms with Gasteiger partial charge < -0.3 is 9.97 Å². The number of H-pyrrole nitrogens is 2. The van der Waals surface area contributed by atoms with E-state index in [1.165, 1.54) is 0 Å². The first-order valence-electron chi connectivity index (χ1n) is 9.55. The summed E-state index contributed by atoms with van der Waals surface area (Å²) in [4.78, 5) is 23.5. The molecule has 31 heavy (non-hydrogen) atoms. The van der Waals surface area contributed by atoms with E-state index in [0.717, 1.165) is 44.8 Å². The molecule has 2 N–H and O–H groups in total. The molecule has 4 aromatic rings. The normalized spacial score (nSPS) is 11.4. The third-order valence-corrected chi connectivity index (χ3v) is 4.52. The Kier molecular flexibility index (Phi) is 6.16. The summed E-state index contributed by atoms with van der Waals surface area (Å²) in [6.07, 6.45) is 14.6. The number of fused-ring (bicyclic) bond motifs is 8. The van der Waals surface area contributed by atoms with Gasteiger partial charge in [0.25, 0.3) is 0 Å². The van der Waals surface area contributed by atoms with Gasteiger partial charge in [0, 0.05) is 63.6 Å². The topological polar surface area (TPSA) is 83.1 Å². The van der Waals surface area contributed by atoms with Crippen molar-refractivity contribution in [3.63, 3.8) is 0 Å². The van der Waals surface area contributed by atoms with Crippen LogP contribution in [0.3, 0.4) is 0 Å². The Morgan fingerprint density at radius 3 is 1.19 bits per heavy atom. The molecule has 0 atom stereocenters. The molecule has 0 aliphatic carbocycles. The van der Waals surface area contributed by atoms with Crippen molar-refractivity contribution in [3.8, 4) is 0 Å². The minimum absolute atomic E-state index is 0. The average Bonchev–Trinajstić information content (AvgIpc) is 3.56. The van der Waals surface area contributed by atoms with E-state index >= 15 is 0 Å². The third kappa shape index (κ3) is 5.22. The number of aromatic amines is 2. The number of hydrogen-bond acceptors (Lipinski definition) is 4. The molecule has 0 amide bonds.